The van der Waals surface area contributed by atoms with Crippen molar-refractivity contribution in [2.75, 3.05) is 0 Å². The van der Waals surface area contributed by atoms with E-state index in [0.717, 1.165) is 33.9 Å². The maximum atomic E-state index is 12.3. The number of rotatable bonds is 5. The number of pyridine rings is 1. The van der Waals surface area contributed by atoms with Crippen LogP contribution in [0.1, 0.15) is 47.6 Å². The maximum absolute atomic E-state index is 12.3. The van der Waals surface area contributed by atoms with Gasteiger partial charge in [0.25, 0.3) is 0 Å². The molecule has 25 heavy (non-hydrogen) atoms. The molecule has 0 aromatic carbocycles. The van der Waals surface area contributed by atoms with Gasteiger partial charge in [-0.25, -0.2) is 9.50 Å². The summed E-state index contributed by atoms with van der Waals surface area (Å²) >= 11 is 0. The van der Waals surface area contributed by atoms with Gasteiger partial charge in [0, 0.05) is 36.3 Å². The highest BCUT2D eigenvalue weighted by Gasteiger charge is 2.14. The number of nitrogens with one attached hydrogen (secondary N) is 1. The molecule has 0 aliphatic carbocycles. The van der Waals surface area contributed by atoms with Crippen molar-refractivity contribution in [2.45, 2.75) is 46.6 Å². The van der Waals surface area contributed by atoms with Gasteiger partial charge >= 0.3 is 0 Å². The van der Waals surface area contributed by atoms with Gasteiger partial charge in [-0.2, -0.15) is 5.10 Å². The summed E-state index contributed by atoms with van der Waals surface area (Å²) in [7, 11) is 0. The van der Waals surface area contributed by atoms with Gasteiger partial charge in [-0.1, -0.05) is 0 Å². The molecule has 1 N–H and O–H groups in total. The molecule has 0 saturated heterocycles. The molecule has 0 saturated carbocycles. The molecule has 3 rings (SSSR count). The Kier molecular flexibility index (Phi) is 4.79. The number of aryl methyl sites for hydroxylation is 3. The number of hydrogen-bond acceptors (Lipinski definition) is 4. The summed E-state index contributed by atoms with van der Waals surface area (Å²) in [5.41, 5.74) is 5.93. The third-order valence-corrected chi connectivity index (χ3v) is 4.47. The van der Waals surface area contributed by atoms with E-state index < -0.39 is 0 Å². The van der Waals surface area contributed by atoms with Crippen molar-refractivity contribution in [3.8, 4) is 0 Å². The summed E-state index contributed by atoms with van der Waals surface area (Å²) in [4.78, 5) is 20.9. The topological polar surface area (TPSA) is 72.2 Å². The van der Waals surface area contributed by atoms with E-state index in [4.69, 9.17) is 0 Å². The Hall–Kier alpha value is -2.76. The molecule has 0 aliphatic heterocycles. The predicted octanol–water partition coefficient (Wildman–Crippen LogP) is 2.86. The molecule has 6 nitrogen and oxygen atoms in total. The molecule has 1 unspecified atom stereocenters. The second-order valence-electron chi connectivity index (χ2n) is 6.39. The van der Waals surface area contributed by atoms with Crippen LogP contribution < -0.4 is 5.32 Å². The molecular weight excluding hydrogens is 314 g/mol. The molecular formula is C19H23N5O. The van der Waals surface area contributed by atoms with Crippen molar-refractivity contribution < 1.29 is 4.79 Å². The standard InChI is InChI=1S/C19H23N5O/c1-12-11-18-21-14(3)17(15(4)24(18)23-12)5-6-19(25)22-13(2)16-7-9-20-10-8-16/h7-11,13H,5-6H2,1-4H3,(H,22,25). The van der Waals surface area contributed by atoms with E-state index in [1.807, 2.05) is 50.4 Å². The van der Waals surface area contributed by atoms with Gasteiger partial charge in [-0.15, -0.1) is 0 Å². The van der Waals surface area contributed by atoms with Crippen LogP contribution >= 0.6 is 0 Å². The van der Waals surface area contributed by atoms with Gasteiger partial charge in [0.05, 0.1) is 11.7 Å². The Balaban J connectivity index is 1.69. The average molecular weight is 337 g/mol. The Morgan fingerprint density at radius 3 is 2.68 bits per heavy atom. The van der Waals surface area contributed by atoms with Crippen molar-refractivity contribution in [3.05, 3.63) is 58.8 Å². The smallest absolute Gasteiger partial charge is 0.220 e. The van der Waals surface area contributed by atoms with E-state index >= 15 is 0 Å². The summed E-state index contributed by atoms with van der Waals surface area (Å²) in [5, 5.41) is 7.51. The lowest BCUT2D eigenvalue weighted by atomic mass is 10.1. The zero-order valence-electron chi connectivity index (χ0n) is 15.1. The fraction of sp³-hybridized carbons (Fsp3) is 0.368. The monoisotopic (exact) mass is 337 g/mol. The number of fused-ring (bicyclic) bond motifs is 1. The number of carbonyl (C=O) groups is 1. The summed E-state index contributed by atoms with van der Waals surface area (Å²) in [6.45, 7) is 7.95. The summed E-state index contributed by atoms with van der Waals surface area (Å²) in [6.07, 6.45) is 4.54. The molecule has 3 aromatic rings. The highest BCUT2D eigenvalue weighted by molar-refractivity contribution is 5.76. The second kappa shape index (κ2) is 7.01. The van der Waals surface area contributed by atoms with E-state index in [2.05, 4.69) is 20.4 Å². The average Bonchev–Trinajstić information content (AvgIpc) is 2.96. The Labute approximate surface area is 147 Å². The SMILES string of the molecule is Cc1cc2nc(C)c(CCC(=O)NC(C)c3ccncc3)c(C)n2n1. The van der Waals surface area contributed by atoms with Crippen LogP contribution in [0.5, 0.6) is 0 Å². The number of carbonyl (C=O) groups excluding carboxylic acids is 1. The van der Waals surface area contributed by atoms with Crippen molar-refractivity contribution in [3.63, 3.8) is 0 Å². The Morgan fingerprint density at radius 1 is 1.24 bits per heavy atom. The molecule has 1 atom stereocenters. The third kappa shape index (κ3) is 3.68. The van der Waals surface area contributed by atoms with Crippen LogP contribution in [0.3, 0.4) is 0 Å². The van der Waals surface area contributed by atoms with Gasteiger partial charge in [-0.3, -0.25) is 9.78 Å². The van der Waals surface area contributed by atoms with Crippen molar-refractivity contribution in [1.29, 1.82) is 0 Å². The fourth-order valence-electron chi connectivity index (χ4n) is 3.09. The Morgan fingerprint density at radius 2 is 1.96 bits per heavy atom. The van der Waals surface area contributed by atoms with Crippen LogP contribution in [0.2, 0.25) is 0 Å². The van der Waals surface area contributed by atoms with Gasteiger partial charge in [0.15, 0.2) is 5.65 Å². The number of aromatic nitrogens is 4. The number of hydrogen-bond donors (Lipinski definition) is 1. The minimum Gasteiger partial charge on any atom is -0.350 e. The lowest BCUT2D eigenvalue weighted by Gasteiger charge is -2.15. The highest BCUT2D eigenvalue weighted by Crippen LogP contribution is 2.17. The molecule has 130 valence electrons. The molecule has 0 bridgehead atoms. The highest BCUT2D eigenvalue weighted by atomic mass is 16.1. The van der Waals surface area contributed by atoms with Crippen LogP contribution in [0.25, 0.3) is 5.65 Å². The first-order valence-electron chi connectivity index (χ1n) is 8.47. The van der Waals surface area contributed by atoms with Gasteiger partial charge < -0.3 is 5.32 Å². The molecule has 0 spiro atoms. The quantitative estimate of drug-likeness (QED) is 0.777. The predicted molar refractivity (Wildman–Crippen MR) is 96.3 cm³/mol. The largest absolute Gasteiger partial charge is 0.350 e. The first kappa shape index (κ1) is 17.1. The minimum atomic E-state index is -0.0351. The van der Waals surface area contributed by atoms with Gasteiger partial charge in [-0.05, 0) is 57.4 Å². The number of amides is 1. The normalized spacial score (nSPS) is 12.3. The zero-order valence-corrected chi connectivity index (χ0v) is 15.1. The fourth-order valence-corrected chi connectivity index (χ4v) is 3.09. The molecule has 3 aromatic heterocycles. The van der Waals surface area contributed by atoms with E-state index in [9.17, 15) is 4.79 Å². The number of nitrogens with zero attached hydrogens (tertiary/aromatic N) is 4. The maximum Gasteiger partial charge on any atom is 0.220 e. The molecule has 1 amide bonds. The molecule has 0 fully saturated rings. The molecule has 3 heterocycles. The first-order chi connectivity index (χ1) is 12.0. The van der Waals surface area contributed by atoms with E-state index in [1.165, 1.54) is 0 Å². The summed E-state index contributed by atoms with van der Waals surface area (Å²) in [6, 6.07) is 5.76. The van der Waals surface area contributed by atoms with Crippen LogP contribution in [0.4, 0.5) is 0 Å². The third-order valence-electron chi connectivity index (χ3n) is 4.47. The van der Waals surface area contributed by atoms with Crippen molar-refractivity contribution >= 4 is 11.6 Å². The van der Waals surface area contributed by atoms with Crippen LogP contribution in [0.15, 0.2) is 30.6 Å². The second-order valence-corrected chi connectivity index (χ2v) is 6.39. The van der Waals surface area contributed by atoms with E-state index in [0.29, 0.717) is 12.8 Å². The Bertz CT molecular complexity index is 901. The van der Waals surface area contributed by atoms with Crippen LogP contribution in [-0.4, -0.2) is 25.5 Å². The van der Waals surface area contributed by atoms with Crippen molar-refractivity contribution in [2.24, 2.45) is 0 Å². The van der Waals surface area contributed by atoms with E-state index in [-0.39, 0.29) is 11.9 Å². The van der Waals surface area contributed by atoms with E-state index in [1.54, 1.807) is 12.4 Å². The van der Waals surface area contributed by atoms with Gasteiger partial charge in [0.2, 0.25) is 5.91 Å². The molecule has 0 aliphatic rings. The lowest BCUT2D eigenvalue weighted by Crippen LogP contribution is -2.27. The van der Waals surface area contributed by atoms with Crippen LogP contribution in [-0.2, 0) is 11.2 Å². The first-order valence-corrected chi connectivity index (χ1v) is 8.47. The lowest BCUT2D eigenvalue weighted by molar-refractivity contribution is -0.121. The van der Waals surface area contributed by atoms with Crippen molar-refractivity contribution in [1.82, 2.24) is 24.9 Å². The summed E-state index contributed by atoms with van der Waals surface area (Å²) in [5.74, 6) is 0.0276. The minimum absolute atomic E-state index is 0.0276. The van der Waals surface area contributed by atoms with Gasteiger partial charge in [0.1, 0.15) is 0 Å². The van der Waals surface area contributed by atoms with Crippen LogP contribution in [0, 0.1) is 20.8 Å². The summed E-state index contributed by atoms with van der Waals surface area (Å²) < 4.78 is 1.86. The molecule has 0 radical (unpaired) electrons. The zero-order chi connectivity index (χ0) is 18.0. The molecule has 6 heteroatoms.